The van der Waals surface area contributed by atoms with Crippen molar-refractivity contribution < 1.29 is 29.7 Å². The van der Waals surface area contributed by atoms with E-state index in [2.05, 4.69) is 5.32 Å². The number of rotatable bonds is 6. The van der Waals surface area contributed by atoms with Gasteiger partial charge in [0, 0.05) is 13.5 Å². The van der Waals surface area contributed by atoms with Crippen molar-refractivity contribution in [2.75, 3.05) is 6.54 Å². The van der Waals surface area contributed by atoms with Crippen molar-refractivity contribution in [3.63, 3.8) is 0 Å². The molecule has 0 aliphatic heterocycles. The number of nitrogens with one attached hydrogen (secondary N) is 2. The van der Waals surface area contributed by atoms with E-state index < -0.39 is 30.0 Å². The van der Waals surface area contributed by atoms with Crippen LogP contribution in [0.5, 0.6) is 0 Å². The van der Waals surface area contributed by atoms with E-state index in [4.69, 9.17) is 42.7 Å². The summed E-state index contributed by atoms with van der Waals surface area (Å²) in [6.07, 6.45) is 0.975. The molecular weight excluding hydrogens is 298 g/mol. The largest absolute Gasteiger partial charge is 0.481 e. The minimum Gasteiger partial charge on any atom is -0.481 e. The molecule has 130 valence electrons. The lowest BCUT2D eigenvalue weighted by Gasteiger charge is -2.06. The smallest absolute Gasteiger partial charge is 0.320 e. The normalized spacial score (nSPS) is 11.5. The van der Waals surface area contributed by atoms with Crippen molar-refractivity contribution in [2.45, 2.75) is 38.8 Å². The first-order chi connectivity index (χ1) is 9.91. The van der Waals surface area contributed by atoms with Crippen LogP contribution in [0.4, 0.5) is 0 Å². The molecule has 11 N–H and O–H groups in total. The van der Waals surface area contributed by atoms with Crippen LogP contribution >= 0.6 is 0 Å². The van der Waals surface area contributed by atoms with Crippen molar-refractivity contribution in [3.05, 3.63) is 0 Å². The highest BCUT2D eigenvalue weighted by atomic mass is 16.4. The van der Waals surface area contributed by atoms with Crippen LogP contribution in [0.25, 0.3) is 0 Å². The number of carbonyl (C=O) groups is 3. The van der Waals surface area contributed by atoms with E-state index in [1.807, 2.05) is 0 Å². The maximum atomic E-state index is 10.2. The molecule has 0 saturated carbocycles. The summed E-state index contributed by atoms with van der Waals surface area (Å²) in [5.74, 6) is -2.91. The average molecular weight is 323 g/mol. The van der Waals surface area contributed by atoms with E-state index in [0.29, 0.717) is 19.4 Å². The number of carboxylic acids is 3. The van der Waals surface area contributed by atoms with Gasteiger partial charge >= 0.3 is 11.9 Å². The van der Waals surface area contributed by atoms with Gasteiger partial charge in [-0.1, -0.05) is 0 Å². The van der Waals surface area contributed by atoms with E-state index in [1.54, 1.807) is 0 Å². The zero-order valence-electron chi connectivity index (χ0n) is 12.6. The highest BCUT2D eigenvalue weighted by Crippen LogP contribution is 1.92. The van der Waals surface area contributed by atoms with Gasteiger partial charge in [0.05, 0.1) is 0 Å². The van der Waals surface area contributed by atoms with Gasteiger partial charge in [0.2, 0.25) is 0 Å². The molecule has 2 atom stereocenters. The number of hydrogen-bond acceptors (Lipinski definition) is 6. The first kappa shape index (κ1) is 24.6. The summed E-state index contributed by atoms with van der Waals surface area (Å²) in [6, 6.07) is -1.55. The fourth-order valence-corrected chi connectivity index (χ4v) is 0.669. The molecule has 0 fully saturated rings. The molecule has 0 spiro atoms. The van der Waals surface area contributed by atoms with Crippen LogP contribution in [0.15, 0.2) is 0 Å². The van der Waals surface area contributed by atoms with Gasteiger partial charge in [0.25, 0.3) is 5.97 Å². The Morgan fingerprint density at radius 3 is 1.73 bits per heavy atom. The molecule has 0 aliphatic carbocycles. The second-order valence-corrected chi connectivity index (χ2v) is 4.07. The third kappa shape index (κ3) is 30.5. The summed E-state index contributed by atoms with van der Waals surface area (Å²) in [4.78, 5) is 28.8. The molecule has 0 heterocycles. The molecule has 0 radical (unpaired) electrons. The maximum absolute atomic E-state index is 10.2. The minimum absolute atomic E-state index is 0.112. The van der Waals surface area contributed by atoms with Crippen LogP contribution in [-0.2, 0) is 14.4 Å². The maximum Gasteiger partial charge on any atom is 0.320 e. The van der Waals surface area contributed by atoms with Crippen LogP contribution in [0.3, 0.4) is 0 Å². The fourth-order valence-electron chi connectivity index (χ4n) is 0.669. The van der Waals surface area contributed by atoms with Crippen LogP contribution in [-0.4, -0.2) is 57.8 Å². The van der Waals surface area contributed by atoms with Gasteiger partial charge in [-0.2, -0.15) is 0 Å². The fraction of sp³-hybridized carbons (Fsp3) is 0.636. The van der Waals surface area contributed by atoms with Crippen molar-refractivity contribution in [2.24, 2.45) is 17.2 Å². The summed E-state index contributed by atoms with van der Waals surface area (Å²) in [5, 5.41) is 33.0. The third-order valence-corrected chi connectivity index (χ3v) is 1.71. The Balaban J connectivity index is -0.000000300. The third-order valence-electron chi connectivity index (χ3n) is 1.71. The number of hydrogen-bond donors (Lipinski definition) is 8. The van der Waals surface area contributed by atoms with Gasteiger partial charge in [-0.15, -0.1) is 0 Å². The zero-order chi connectivity index (χ0) is 18.3. The number of guanidine groups is 1. The summed E-state index contributed by atoms with van der Waals surface area (Å²) >= 11 is 0. The summed E-state index contributed by atoms with van der Waals surface area (Å²) in [7, 11) is 0. The Kier molecular flexibility index (Phi) is 16.8. The second-order valence-electron chi connectivity index (χ2n) is 4.07. The van der Waals surface area contributed by atoms with Crippen LogP contribution in [0.1, 0.15) is 26.7 Å². The molecule has 0 aliphatic rings. The Hall–Kier alpha value is -2.40. The number of nitrogens with two attached hydrogens (primary N) is 3. The van der Waals surface area contributed by atoms with Gasteiger partial charge in [0.1, 0.15) is 12.1 Å². The van der Waals surface area contributed by atoms with E-state index in [0.717, 1.165) is 6.92 Å². The first-order valence-corrected chi connectivity index (χ1v) is 6.16. The molecule has 22 heavy (non-hydrogen) atoms. The zero-order valence-corrected chi connectivity index (χ0v) is 12.6. The van der Waals surface area contributed by atoms with Gasteiger partial charge in [-0.05, 0) is 19.8 Å². The monoisotopic (exact) mass is 323 g/mol. The Labute approximate surface area is 128 Å². The lowest BCUT2D eigenvalue weighted by Crippen LogP contribution is -2.34. The van der Waals surface area contributed by atoms with E-state index >= 15 is 0 Å². The van der Waals surface area contributed by atoms with E-state index in [9.17, 15) is 9.59 Å². The van der Waals surface area contributed by atoms with Gasteiger partial charge in [-0.3, -0.25) is 19.8 Å². The molecule has 0 unspecified atom stereocenters. The number of carboxylic acid groups (broad SMARTS) is 3. The van der Waals surface area contributed by atoms with Crippen molar-refractivity contribution in [3.8, 4) is 0 Å². The Morgan fingerprint density at radius 1 is 1.14 bits per heavy atom. The lowest BCUT2D eigenvalue weighted by atomic mass is 10.2. The summed E-state index contributed by atoms with van der Waals surface area (Å²) in [6.45, 7) is 2.98. The van der Waals surface area contributed by atoms with Crippen molar-refractivity contribution in [1.29, 1.82) is 5.41 Å². The average Bonchev–Trinajstić information content (AvgIpc) is 2.33. The van der Waals surface area contributed by atoms with Crippen LogP contribution in [0, 0.1) is 5.41 Å². The summed E-state index contributed by atoms with van der Waals surface area (Å²) < 4.78 is 0. The molecule has 0 rings (SSSR count). The molecular formula is C11H25N5O6. The van der Waals surface area contributed by atoms with Gasteiger partial charge in [-0.25, -0.2) is 0 Å². The molecule has 0 aromatic carbocycles. The van der Waals surface area contributed by atoms with Gasteiger partial charge < -0.3 is 37.8 Å². The molecule has 11 heteroatoms. The quantitative estimate of drug-likeness (QED) is 0.155. The molecule has 11 nitrogen and oxygen atoms in total. The lowest BCUT2D eigenvalue weighted by molar-refractivity contribution is -0.139. The van der Waals surface area contributed by atoms with E-state index in [-0.39, 0.29) is 5.96 Å². The topological polar surface area (TPSA) is 226 Å². The second kappa shape index (κ2) is 15.0. The SMILES string of the molecule is CC(=O)O.C[C@H](N)C(=O)O.N=C(N)NCCC[C@H](N)C(=O)O. The number of aliphatic carboxylic acids is 3. The molecule has 0 bridgehead atoms. The predicted octanol–water partition coefficient (Wildman–Crippen LogP) is -1.83. The minimum atomic E-state index is -1.00. The van der Waals surface area contributed by atoms with E-state index in [1.165, 1.54) is 6.92 Å². The highest BCUT2D eigenvalue weighted by molar-refractivity contribution is 5.74. The molecule has 0 aromatic heterocycles. The molecule has 0 amide bonds. The van der Waals surface area contributed by atoms with Crippen molar-refractivity contribution in [1.82, 2.24) is 5.32 Å². The molecule has 0 saturated heterocycles. The Morgan fingerprint density at radius 2 is 1.50 bits per heavy atom. The van der Waals surface area contributed by atoms with Crippen LogP contribution in [0.2, 0.25) is 0 Å². The Bertz CT molecular complexity index is 357. The molecule has 0 aromatic rings. The standard InChI is InChI=1S/C6H14N4O2.C3H7NO2.C2H4O2/c7-4(5(11)12)2-1-3-10-6(8)9;1-2(4)3(5)6;1-2(3)4/h4H,1-3,7H2,(H,11,12)(H4,8,9,10);2H,4H2,1H3,(H,5,6);1H3,(H,3,4)/t4-;2-;/m00./s1. The first-order valence-electron chi connectivity index (χ1n) is 6.16. The van der Waals surface area contributed by atoms with Crippen LogP contribution < -0.4 is 22.5 Å². The predicted molar refractivity (Wildman–Crippen MR) is 79.4 cm³/mol. The van der Waals surface area contributed by atoms with Gasteiger partial charge in [0.15, 0.2) is 5.96 Å². The van der Waals surface area contributed by atoms with Crippen molar-refractivity contribution >= 4 is 23.9 Å². The summed E-state index contributed by atoms with van der Waals surface area (Å²) in [5.41, 5.74) is 15.1. The highest BCUT2D eigenvalue weighted by Gasteiger charge is 2.09.